The number of benzene rings is 2. The van der Waals surface area contributed by atoms with E-state index in [1.54, 1.807) is 30.8 Å². The van der Waals surface area contributed by atoms with E-state index in [1.807, 2.05) is 18.2 Å². The van der Waals surface area contributed by atoms with E-state index in [9.17, 15) is 9.18 Å². The van der Waals surface area contributed by atoms with E-state index in [1.165, 1.54) is 6.07 Å². The molecule has 1 heterocycles. The van der Waals surface area contributed by atoms with Crippen LogP contribution in [-0.2, 0) is 11.2 Å². The molecular weight excluding hydrogens is 275 g/mol. The van der Waals surface area contributed by atoms with Gasteiger partial charge in [-0.3, -0.25) is 4.79 Å². The van der Waals surface area contributed by atoms with Gasteiger partial charge in [-0.2, -0.15) is 0 Å². The summed E-state index contributed by atoms with van der Waals surface area (Å²) in [6.07, 6.45) is 0.648. The number of carboxylic acids is 1. The number of rotatable bonds is 2. The second-order valence-electron chi connectivity index (χ2n) is 4.96. The third-order valence-electron chi connectivity index (χ3n) is 3.58. The molecule has 0 saturated carbocycles. The highest BCUT2D eigenvalue weighted by atomic mass is 32.2. The minimum Gasteiger partial charge on any atom is -0.481 e. The van der Waals surface area contributed by atoms with Crippen LogP contribution in [0.5, 0.6) is 0 Å². The molecule has 1 aliphatic rings. The second-order valence-corrected chi connectivity index (χ2v) is 6.04. The van der Waals surface area contributed by atoms with Crippen LogP contribution in [0.1, 0.15) is 29.5 Å². The molecule has 2 aromatic rings. The van der Waals surface area contributed by atoms with Crippen molar-refractivity contribution in [1.82, 2.24) is 0 Å². The van der Waals surface area contributed by atoms with E-state index < -0.39 is 11.9 Å². The number of fused-ring (bicyclic) bond motifs is 2. The van der Waals surface area contributed by atoms with Crippen LogP contribution in [0.3, 0.4) is 0 Å². The van der Waals surface area contributed by atoms with Gasteiger partial charge in [-0.25, -0.2) is 4.39 Å². The molecule has 1 aliphatic heterocycles. The average Bonchev–Trinajstić information content (AvgIpc) is 2.43. The van der Waals surface area contributed by atoms with Crippen molar-refractivity contribution in [3.8, 4) is 0 Å². The van der Waals surface area contributed by atoms with Crippen LogP contribution in [0.4, 0.5) is 4.39 Å². The number of aliphatic carboxylic acids is 1. The first-order valence-corrected chi connectivity index (χ1v) is 7.18. The molecule has 0 spiro atoms. The van der Waals surface area contributed by atoms with E-state index in [2.05, 4.69) is 0 Å². The van der Waals surface area contributed by atoms with E-state index >= 15 is 0 Å². The summed E-state index contributed by atoms with van der Waals surface area (Å²) in [6.45, 7) is 1.67. The van der Waals surface area contributed by atoms with Gasteiger partial charge in [0.25, 0.3) is 0 Å². The molecule has 1 atom stereocenters. The molecule has 102 valence electrons. The van der Waals surface area contributed by atoms with Crippen molar-refractivity contribution in [3.05, 3.63) is 58.9 Å². The zero-order chi connectivity index (χ0) is 14.3. The number of carboxylic acid groups (broad SMARTS) is 1. The van der Waals surface area contributed by atoms with E-state index in [0.717, 1.165) is 26.5 Å². The van der Waals surface area contributed by atoms with E-state index in [4.69, 9.17) is 5.11 Å². The van der Waals surface area contributed by atoms with E-state index in [0.29, 0.717) is 6.42 Å². The molecule has 3 rings (SSSR count). The van der Waals surface area contributed by atoms with Gasteiger partial charge < -0.3 is 5.11 Å². The molecule has 1 unspecified atom stereocenters. The van der Waals surface area contributed by atoms with Gasteiger partial charge in [0.15, 0.2) is 0 Å². The molecule has 2 nitrogen and oxygen atoms in total. The van der Waals surface area contributed by atoms with Crippen LogP contribution in [0.15, 0.2) is 46.2 Å². The lowest BCUT2D eigenvalue weighted by atomic mass is 9.96. The quantitative estimate of drug-likeness (QED) is 0.772. The predicted octanol–water partition coefficient (Wildman–Crippen LogP) is 4.07. The Kier molecular flexibility index (Phi) is 3.26. The number of hydrogen-bond acceptors (Lipinski definition) is 2. The fourth-order valence-electron chi connectivity index (χ4n) is 2.36. The minimum atomic E-state index is -0.833. The summed E-state index contributed by atoms with van der Waals surface area (Å²) in [5.41, 5.74) is 2.82. The normalized spacial score (nSPS) is 14.3. The third-order valence-corrected chi connectivity index (χ3v) is 4.81. The summed E-state index contributed by atoms with van der Waals surface area (Å²) in [5, 5.41) is 9.08. The maximum atomic E-state index is 13.3. The summed E-state index contributed by atoms with van der Waals surface area (Å²) >= 11 is 1.61. The van der Waals surface area contributed by atoms with Gasteiger partial charge in [0.2, 0.25) is 0 Å². The van der Waals surface area contributed by atoms with Gasteiger partial charge >= 0.3 is 5.97 Å². The second kappa shape index (κ2) is 4.94. The lowest BCUT2D eigenvalue weighted by Gasteiger charge is -2.20. The minimum absolute atomic E-state index is 0.233. The summed E-state index contributed by atoms with van der Waals surface area (Å²) in [7, 11) is 0. The third kappa shape index (κ3) is 2.31. The average molecular weight is 288 g/mol. The van der Waals surface area contributed by atoms with Crippen LogP contribution in [-0.4, -0.2) is 11.1 Å². The zero-order valence-corrected chi connectivity index (χ0v) is 11.7. The Morgan fingerprint density at radius 1 is 1.20 bits per heavy atom. The van der Waals surface area contributed by atoms with Crippen LogP contribution in [0.25, 0.3) is 0 Å². The molecule has 0 amide bonds. The topological polar surface area (TPSA) is 37.3 Å². The zero-order valence-electron chi connectivity index (χ0n) is 10.9. The molecule has 0 bridgehead atoms. The molecule has 0 aliphatic carbocycles. The summed E-state index contributed by atoms with van der Waals surface area (Å²) in [6, 6.07) is 10.6. The molecule has 0 radical (unpaired) electrons. The molecule has 2 aromatic carbocycles. The van der Waals surface area contributed by atoms with Crippen molar-refractivity contribution in [1.29, 1.82) is 0 Å². The highest BCUT2D eigenvalue weighted by Crippen LogP contribution is 2.40. The summed E-state index contributed by atoms with van der Waals surface area (Å²) in [4.78, 5) is 13.2. The monoisotopic (exact) mass is 288 g/mol. The summed E-state index contributed by atoms with van der Waals surface area (Å²) in [5.74, 6) is -1.60. The largest absolute Gasteiger partial charge is 0.481 e. The Bertz CT molecular complexity index is 697. The smallest absolute Gasteiger partial charge is 0.310 e. The van der Waals surface area contributed by atoms with E-state index in [-0.39, 0.29) is 5.82 Å². The fraction of sp³-hybridized carbons (Fsp3) is 0.188. The number of hydrogen-bond donors (Lipinski definition) is 1. The van der Waals surface area contributed by atoms with Crippen LogP contribution < -0.4 is 0 Å². The van der Waals surface area contributed by atoms with Gasteiger partial charge in [-0.15, -0.1) is 0 Å². The van der Waals surface area contributed by atoms with Crippen molar-refractivity contribution in [2.45, 2.75) is 29.1 Å². The van der Waals surface area contributed by atoms with Gasteiger partial charge in [0.1, 0.15) is 5.82 Å². The molecule has 0 fully saturated rings. The molecule has 0 saturated heterocycles. The van der Waals surface area contributed by atoms with Crippen LogP contribution in [0, 0.1) is 5.82 Å². The standard InChI is InChI=1S/C16H13FO2S/c1-9(16(18)19)10-2-4-14-11(6-10)7-12-8-13(17)3-5-15(12)20-14/h2-6,8-9H,7H2,1H3,(H,18,19). The van der Waals surface area contributed by atoms with Gasteiger partial charge in [-0.05, 0) is 54.3 Å². The fourth-order valence-corrected chi connectivity index (χ4v) is 3.39. The SMILES string of the molecule is CC(C(=O)O)c1ccc2c(c1)Cc1cc(F)ccc1S2. The lowest BCUT2D eigenvalue weighted by molar-refractivity contribution is -0.138. The highest BCUT2D eigenvalue weighted by molar-refractivity contribution is 7.99. The van der Waals surface area contributed by atoms with Crippen molar-refractivity contribution in [2.24, 2.45) is 0 Å². The predicted molar refractivity (Wildman–Crippen MR) is 75.8 cm³/mol. The molecule has 4 heteroatoms. The molecule has 1 N–H and O–H groups in total. The van der Waals surface area contributed by atoms with Crippen molar-refractivity contribution in [2.75, 3.05) is 0 Å². The molecular formula is C16H13FO2S. The Labute approximate surface area is 120 Å². The van der Waals surface area contributed by atoms with Gasteiger partial charge in [0.05, 0.1) is 5.92 Å². The number of halogens is 1. The maximum Gasteiger partial charge on any atom is 0.310 e. The van der Waals surface area contributed by atoms with Crippen molar-refractivity contribution < 1.29 is 14.3 Å². The first-order chi connectivity index (χ1) is 9.54. The Morgan fingerprint density at radius 2 is 1.85 bits per heavy atom. The Hall–Kier alpha value is -1.81. The maximum absolute atomic E-state index is 13.3. The van der Waals surface area contributed by atoms with Crippen LogP contribution in [0.2, 0.25) is 0 Å². The molecule has 0 aromatic heterocycles. The lowest BCUT2D eigenvalue weighted by Crippen LogP contribution is -2.09. The molecule has 20 heavy (non-hydrogen) atoms. The van der Waals surface area contributed by atoms with Crippen molar-refractivity contribution in [3.63, 3.8) is 0 Å². The van der Waals surface area contributed by atoms with Gasteiger partial charge in [-0.1, -0.05) is 23.9 Å². The Balaban J connectivity index is 1.99. The highest BCUT2D eigenvalue weighted by Gasteiger charge is 2.20. The first-order valence-electron chi connectivity index (χ1n) is 6.36. The number of carbonyl (C=O) groups is 1. The summed E-state index contributed by atoms with van der Waals surface area (Å²) < 4.78 is 13.3. The van der Waals surface area contributed by atoms with Crippen LogP contribution >= 0.6 is 11.8 Å². The van der Waals surface area contributed by atoms with Crippen molar-refractivity contribution >= 4 is 17.7 Å². The van der Waals surface area contributed by atoms with Gasteiger partial charge in [0, 0.05) is 9.79 Å². The Morgan fingerprint density at radius 3 is 2.55 bits per heavy atom. The first kappa shape index (κ1) is 13.2.